The topological polar surface area (TPSA) is 64.3 Å². The van der Waals surface area contributed by atoms with Crippen LogP contribution in [-0.4, -0.2) is 80.4 Å². The highest BCUT2D eigenvalue weighted by molar-refractivity contribution is 14.0. The second-order valence-corrected chi connectivity index (χ2v) is 7.66. The Labute approximate surface area is 187 Å². The van der Waals surface area contributed by atoms with Crippen LogP contribution >= 0.6 is 35.3 Å². The maximum atomic E-state index is 12.4. The fourth-order valence-electron chi connectivity index (χ4n) is 3.22. The maximum Gasteiger partial charge on any atom is 0.289 e. The van der Waals surface area contributed by atoms with Gasteiger partial charge in [-0.3, -0.25) is 9.79 Å². The predicted molar refractivity (Wildman–Crippen MR) is 124 cm³/mol. The first-order valence-electron chi connectivity index (χ1n) is 9.08. The first kappa shape index (κ1) is 22.7. The number of halogens is 1. The van der Waals surface area contributed by atoms with Crippen molar-refractivity contribution in [1.82, 2.24) is 20.0 Å². The summed E-state index contributed by atoms with van der Waals surface area (Å²) in [5, 5.41) is 5.61. The summed E-state index contributed by atoms with van der Waals surface area (Å²) in [5.74, 6) is 1.23. The highest BCUT2D eigenvalue weighted by Gasteiger charge is 2.25. The number of likely N-dealkylation sites (N-methyl/N-ethyl adjacent to an activating group) is 1. The van der Waals surface area contributed by atoms with E-state index < -0.39 is 0 Å². The van der Waals surface area contributed by atoms with Gasteiger partial charge in [0.05, 0.1) is 12.3 Å². The molecule has 1 aliphatic heterocycles. The molecule has 1 N–H and O–H groups in total. The van der Waals surface area contributed by atoms with Gasteiger partial charge in [0.15, 0.2) is 11.7 Å². The quantitative estimate of drug-likeness (QED) is 0.376. The van der Waals surface area contributed by atoms with E-state index in [2.05, 4.69) is 51.7 Å². The number of nitrogens with one attached hydrogen (secondary N) is 1. The number of hydrogen-bond donors (Lipinski definition) is 1. The molecule has 7 nitrogen and oxygen atoms in total. The number of amides is 1. The molecule has 0 saturated carbocycles. The number of carbonyl (C=O) groups excluding carboxylic acids is 1. The second-order valence-electron chi connectivity index (χ2n) is 6.68. The molecule has 1 fully saturated rings. The van der Waals surface area contributed by atoms with Gasteiger partial charge in [0.2, 0.25) is 0 Å². The van der Waals surface area contributed by atoms with E-state index in [9.17, 15) is 4.79 Å². The molecule has 0 aliphatic carbocycles. The molecule has 3 rings (SSSR count). The van der Waals surface area contributed by atoms with Crippen LogP contribution in [0, 0.1) is 0 Å². The van der Waals surface area contributed by atoms with Gasteiger partial charge in [0.25, 0.3) is 5.91 Å². The van der Waals surface area contributed by atoms with Crippen LogP contribution in [-0.2, 0) is 0 Å². The molecule has 0 radical (unpaired) electrons. The SMILES string of the molecule is CN=C(NCC(c1cccs1)N(C)C)N1CCN(C(=O)c2ccco2)CC1.I. The predicted octanol–water partition coefficient (Wildman–Crippen LogP) is 2.60. The van der Waals surface area contributed by atoms with Crippen molar-refractivity contribution in [3.63, 3.8) is 0 Å². The van der Waals surface area contributed by atoms with Crippen molar-refractivity contribution in [1.29, 1.82) is 0 Å². The third-order valence-electron chi connectivity index (χ3n) is 4.76. The summed E-state index contributed by atoms with van der Waals surface area (Å²) >= 11 is 1.77. The minimum absolute atomic E-state index is 0. The summed E-state index contributed by atoms with van der Waals surface area (Å²) in [6.07, 6.45) is 1.53. The Bertz CT molecular complexity index is 740. The fraction of sp³-hybridized carbons (Fsp3) is 0.474. The number of piperazine rings is 1. The van der Waals surface area contributed by atoms with E-state index in [1.165, 1.54) is 11.1 Å². The minimum atomic E-state index is -0.0482. The molecular formula is C19H28IN5O2S. The van der Waals surface area contributed by atoms with Crippen LogP contribution in [0.1, 0.15) is 21.5 Å². The molecule has 1 unspecified atom stereocenters. The van der Waals surface area contributed by atoms with Gasteiger partial charge in [0.1, 0.15) is 0 Å². The molecule has 9 heteroatoms. The highest BCUT2D eigenvalue weighted by Crippen LogP contribution is 2.22. The number of hydrogen-bond acceptors (Lipinski definition) is 5. The second kappa shape index (κ2) is 10.8. The van der Waals surface area contributed by atoms with Crippen molar-refractivity contribution in [2.45, 2.75) is 6.04 Å². The Balaban J connectivity index is 0.00000280. The van der Waals surface area contributed by atoms with Gasteiger partial charge >= 0.3 is 0 Å². The number of furan rings is 1. The Morgan fingerprint density at radius 1 is 1.25 bits per heavy atom. The van der Waals surface area contributed by atoms with E-state index >= 15 is 0 Å². The first-order valence-corrected chi connectivity index (χ1v) is 9.96. The van der Waals surface area contributed by atoms with Gasteiger partial charge in [-0.25, -0.2) is 0 Å². The molecule has 154 valence electrons. The monoisotopic (exact) mass is 517 g/mol. The molecule has 3 heterocycles. The standard InChI is InChI=1S/C19H27N5O2S.HI/c1-20-19(21-14-15(22(2)3)17-7-5-13-27-17)24-10-8-23(9-11-24)18(25)16-6-4-12-26-16;/h4-7,12-13,15H,8-11,14H2,1-3H3,(H,20,21);1H. The van der Waals surface area contributed by atoms with Crippen LogP contribution in [0.2, 0.25) is 0 Å². The lowest BCUT2D eigenvalue weighted by atomic mass is 10.2. The third kappa shape index (κ3) is 5.48. The van der Waals surface area contributed by atoms with Crippen molar-refractivity contribution < 1.29 is 9.21 Å². The number of guanidine groups is 1. The zero-order chi connectivity index (χ0) is 19.2. The third-order valence-corrected chi connectivity index (χ3v) is 5.73. The van der Waals surface area contributed by atoms with E-state index in [1.807, 2.05) is 4.90 Å². The Hall–Kier alpha value is -1.59. The minimum Gasteiger partial charge on any atom is -0.459 e. The van der Waals surface area contributed by atoms with Crippen molar-refractivity contribution >= 4 is 47.2 Å². The highest BCUT2D eigenvalue weighted by atomic mass is 127. The van der Waals surface area contributed by atoms with Crippen LogP contribution in [0.5, 0.6) is 0 Å². The average molecular weight is 517 g/mol. The van der Waals surface area contributed by atoms with Crippen LogP contribution in [0.3, 0.4) is 0 Å². The molecule has 0 spiro atoms. The summed E-state index contributed by atoms with van der Waals surface area (Å²) in [5.41, 5.74) is 0. The van der Waals surface area contributed by atoms with E-state index in [4.69, 9.17) is 4.42 Å². The van der Waals surface area contributed by atoms with E-state index in [0.29, 0.717) is 24.9 Å². The molecule has 1 amide bonds. The maximum absolute atomic E-state index is 12.4. The number of nitrogens with zero attached hydrogens (tertiary/aromatic N) is 4. The lowest BCUT2D eigenvalue weighted by Gasteiger charge is -2.36. The largest absolute Gasteiger partial charge is 0.459 e. The van der Waals surface area contributed by atoms with Crippen LogP contribution < -0.4 is 5.32 Å². The molecule has 0 aromatic carbocycles. The molecule has 28 heavy (non-hydrogen) atoms. The Kier molecular flexibility index (Phi) is 8.77. The summed E-state index contributed by atoms with van der Waals surface area (Å²) in [4.78, 5) is 24.4. The van der Waals surface area contributed by atoms with Crippen LogP contribution in [0.25, 0.3) is 0 Å². The number of aliphatic imine (C=N–C) groups is 1. The zero-order valence-corrected chi connectivity index (χ0v) is 19.6. The number of thiophene rings is 1. The van der Waals surface area contributed by atoms with Crippen molar-refractivity contribution in [2.24, 2.45) is 4.99 Å². The first-order chi connectivity index (χ1) is 13.1. The number of rotatable bonds is 5. The molecular weight excluding hydrogens is 489 g/mol. The van der Waals surface area contributed by atoms with Gasteiger partial charge < -0.3 is 24.4 Å². The number of carbonyl (C=O) groups is 1. The summed E-state index contributed by atoms with van der Waals surface area (Å²) in [7, 11) is 5.99. The van der Waals surface area contributed by atoms with Gasteiger partial charge in [-0.15, -0.1) is 35.3 Å². The molecule has 1 aliphatic rings. The van der Waals surface area contributed by atoms with Crippen molar-refractivity contribution in [2.75, 3.05) is 53.9 Å². The van der Waals surface area contributed by atoms with Gasteiger partial charge in [-0.05, 0) is 37.7 Å². The summed E-state index contributed by atoms with van der Waals surface area (Å²) in [6.45, 7) is 3.59. The summed E-state index contributed by atoms with van der Waals surface area (Å²) < 4.78 is 5.22. The van der Waals surface area contributed by atoms with E-state index in [0.717, 1.165) is 25.6 Å². The normalized spacial score (nSPS) is 16.1. The molecule has 1 saturated heterocycles. The van der Waals surface area contributed by atoms with Gasteiger partial charge in [-0.2, -0.15) is 0 Å². The smallest absolute Gasteiger partial charge is 0.289 e. The van der Waals surface area contributed by atoms with E-state index in [1.54, 1.807) is 30.5 Å². The molecule has 0 bridgehead atoms. The van der Waals surface area contributed by atoms with Crippen molar-refractivity contribution in [3.8, 4) is 0 Å². The lowest BCUT2D eigenvalue weighted by Crippen LogP contribution is -2.54. The Morgan fingerprint density at radius 3 is 2.50 bits per heavy atom. The lowest BCUT2D eigenvalue weighted by molar-refractivity contribution is 0.0657. The van der Waals surface area contributed by atoms with E-state index in [-0.39, 0.29) is 29.9 Å². The molecule has 2 aromatic rings. The van der Waals surface area contributed by atoms with Gasteiger partial charge in [0, 0.05) is 44.6 Å². The zero-order valence-electron chi connectivity index (χ0n) is 16.5. The molecule has 2 aromatic heterocycles. The molecule has 1 atom stereocenters. The Morgan fingerprint density at radius 2 is 1.96 bits per heavy atom. The van der Waals surface area contributed by atoms with Crippen LogP contribution in [0.15, 0.2) is 45.3 Å². The summed E-state index contributed by atoms with van der Waals surface area (Å²) in [6, 6.07) is 7.99. The fourth-order valence-corrected chi connectivity index (χ4v) is 4.14. The van der Waals surface area contributed by atoms with Crippen LogP contribution in [0.4, 0.5) is 0 Å². The van der Waals surface area contributed by atoms with Crippen molar-refractivity contribution in [3.05, 3.63) is 46.5 Å². The van der Waals surface area contributed by atoms with Gasteiger partial charge in [-0.1, -0.05) is 6.07 Å². The average Bonchev–Trinajstić information content (AvgIpc) is 3.38.